The standard InChI is InChI=1S/C19H14ClN3O5/c1-25-11-14(13-6-3-2-4-7-13)19(24)28-27-17-10-16(22-12-23-17)26-15-8-5-9-21-18(15)20/h2-12H,1H3. The molecule has 0 aliphatic rings. The van der Waals surface area contributed by atoms with Gasteiger partial charge in [-0.1, -0.05) is 41.9 Å². The molecule has 0 radical (unpaired) electrons. The van der Waals surface area contributed by atoms with E-state index in [0.717, 1.165) is 0 Å². The van der Waals surface area contributed by atoms with E-state index in [-0.39, 0.29) is 22.5 Å². The molecule has 0 aliphatic carbocycles. The fourth-order valence-electron chi connectivity index (χ4n) is 2.08. The zero-order valence-electron chi connectivity index (χ0n) is 14.6. The SMILES string of the molecule is COC=C(C(=O)OOc1cc(Oc2cccnc2Cl)ncn1)c1ccccc1. The van der Waals surface area contributed by atoms with Crippen molar-refractivity contribution in [3.8, 4) is 17.5 Å². The van der Waals surface area contributed by atoms with Crippen molar-refractivity contribution in [1.29, 1.82) is 0 Å². The van der Waals surface area contributed by atoms with E-state index in [9.17, 15) is 4.79 Å². The Kier molecular flexibility index (Phi) is 6.37. The third kappa shape index (κ3) is 4.95. The van der Waals surface area contributed by atoms with Crippen LogP contribution in [0.5, 0.6) is 17.5 Å². The van der Waals surface area contributed by atoms with E-state index in [0.29, 0.717) is 11.3 Å². The van der Waals surface area contributed by atoms with Gasteiger partial charge in [0.2, 0.25) is 5.88 Å². The molecule has 0 atom stereocenters. The Bertz CT molecular complexity index is 982. The summed E-state index contributed by atoms with van der Waals surface area (Å²) in [5.41, 5.74) is 0.784. The molecular weight excluding hydrogens is 386 g/mol. The molecule has 0 N–H and O–H groups in total. The highest BCUT2D eigenvalue weighted by atomic mass is 35.5. The fraction of sp³-hybridized carbons (Fsp3) is 0.0526. The molecule has 0 saturated carbocycles. The minimum atomic E-state index is -0.760. The number of carbonyl (C=O) groups excluding carboxylic acids is 1. The third-order valence-corrected chi connectivity index (χ3v) is 3.58. The first-order valence-corrected chi connectivity index (χ1v) is 8.33. The van der Waals surface area contributed by atoms with E-state index in [1.165, 1.54) is 32.0 Å². The Balaban J connectivity index is 1.68. The largest absolute Gasteiger partial charge is 0.503 e. The van der Waals surface area contributed by atoms with Crippen LogP contribution in [0, 0.1) is 0 Å². The van der Waals surface area contributed by atoms with Crippen molar-refractivity contribution in [1.82, 2.24) is 15.0 Å². The summed E-state index contributed by atoms with van der Waals surface area (Å²) in [4.78, 5) is 33.9. The highest BCUT2D eigenvalue weighted by molar-refractivity contribution is 6.30. The van der Waals surface area contributed by atoms with Gasteiger partial charge in [-0.15, -0.1) is 0 Å². The van der Waals surface area contributed by atoms with Crippen LogP contribution >= 0.6 is 11.6 Å². The summed E-state index contributed by atoms with van der Waals surface area (Å²) in [7, 11) is 1.43. The number of methoxy groups -OCH3 is 1. The first-order chi connectivity index (χ1) is 13.7. The Morgan fingerprint density at radius 1 is 1.04 bits per heavy atom. The van der Waals surface area contributed by atoms with Gasteiger partial charge in [0.05, 0.1) is 19.4 Å². The van der Waals surface area contributed by atoms with E-state index in [4.69, 9.17) is 30.8 Å². The minimum absolute atomic E-state index is 0.0387. The third-order valence-electron chi connectivity index (χ3n) is 3.30. The zero-order chi connectivity index (χ0) is 19.8. The number of ether oxygens (including phenoxy) is 2. The number of carbonyl (C=O) groups is 1. The summed E-state index contributed by atoms with van der Waals surface area (Å²) in [5.74, 6) is -0.362. The first kappa shape index (κ1) is 19.1. The van der Waals surface area contributed by atoms with Crippen molar-refractivity contribution in [3.63, 3.8) is 0 Å². The zero-order valence-corrected chi connectivity index (χ0v) is 15.4. The van der Waals surface area contributed by atoms with Gasteiger partial charge in [-0.3, -0.25) is 4.89 Å². The van der Waals surface area contributed by atoms with Gasteiger partial charge in [-0.2, -0.15) is 4.98 Å². The smallest absolute Gasteiger partial charge is 0.389 e. The number of hydrogen-bond donors (Lipinski definition) is 0. The lowest BCUT2D eigenvalue weighted by Crippen LogP contribution is -2.11. The van der Waals surface area contributed by atoms with Crippen LogP contribution in [-0.2, 0) is 14.4 Å². The van der Waals surface area contributed by atoms with Crippen LogP contribution in [0.3, 0.4) is 0 Å². The number of halogens is 1. The average molecular weight is 400 g/mol. The first-order valence-electron chi connectivity index (χ1n) is 7.95. The molecule has 28 heavy (non-hydrogen) atoms. The van der Waals surface area contributed by atoms with Crippen molar-refractivity contribution < 1.29 is 24.0 Å². The molecule has 0 bridgehead atoms. The minimum Gasteiger partial charge on any atom is -0.503 e. The molecule has 0 unspecified atom stereocenters. The van der Waals surface area contributed by atoms with Crippen LogP contribution in [-0.4, -0.2) is 28.0 Å². The number of benzene rings is 1. The van der Waals surface area contributed by atoms with E-state index in [1.807, 2.05) is 6.07 Å². The monoisotopic (exact) mass is 399 g/mol. The molecule has 2 heterocycles. The van der Waals surface area contributed by atoms with Gasteiger partial charge in [-0.25, -0.2) is 19.7 Å². The molecule has 0 fully saturated rings. The second-order valence-corrected chi connectivity index (χ2v) is 5.53. The van der Waals surface area contributed by atoms with E-state index >= 15 is 0 Å². The topological polar surface area (TPSA) is 92.7 Å². The van der Waals surface area contributed by atoms with E-state index < -0.39 is 5.97 Å². The van der Waals surface area contributed by atoms with Crippen LogP contribution in [0.1, 0.15) is 5.56 Å². The number of aromatic nitrogens is 3. The molecule has 0 aliphatic heterocycles. The molecule has 8 nitrogen and oxygen atoms in total. The fourth-order valence-corrected chi connectivity index (χ4v) is 2.24. The van der Waals surface area contributed by atoms with Crippen molar-refractivity contribution in [2.45, 2.75) is 0 Å². The van der Waals surface area contributed by atoms with E-state index in [2.05, 4.69) is 15.0 Å². The normalized spacial score (nSPS) is 10.9. The maximum Gasteiger partial charge on any atom is 0.389 e. The predicted octanol–water partition coefficient (Wildman–Crippen LogP) is 3.84. The van der Waals surface area contributed by atoms with Gasteiger partial charge in [0.25, 0.3) is 5.88 Å². The van der Waals surface area contributed by atoms with Crippen LogP contribution < -0.4 is 9.62 Å². The van der Waals surface area contributed by atoms with Gasteiger partial charge in [-0.05, 0) is 17.7 Å². The summed E-state index contributed by atoms with van der Waals surface area (Å²) >= 11 is 5.94. The summed E-state index contributed by atoms with van der Waals surface area (Å²) in [5, 5.41) is 0.173. The lowest BCUT2D eigenvalue weighted by Gasteiger charge is -2.08. The number of nitrogens with zero attached hydrogens (tertiary/aromatic N) is 3. The quantitative estimate of drug-likeness (QED) is 0.194. The lowest BCUT2D eigenvalue weighted by atomic mass is 10.1. The van der Waals surface area contributed by atoms with Crippen molar-refractivity contribution in [2.24, 2.45) is 0 Å². The summed E-state index contributed by atoms with van der Waals surface area (Å²) in [6.07, 6.45) is 3.98. The Labute approximate surface area is 165 Å². The van der Waals surface area contributed by atoms with Crippen molar-refractivity contribution in [2.75, 3.05) is 7.11 Å². The van der Waals surface area contributed by atoms with Crippen LogP contribution in [0.4, 0.5) is 0 Å². The Morgan fingerprint density at radius 3 is 2.57 bits per heavy atom. The predicted molar refractivity (Wildman–Crippen MR) is 99.5 cm³/mol. The highest BCUT2D eigenvalue weighted by Crippen LogP contribution is 2.27. The second-order valence-electron chi connectivity index (χ2n) is 5.18. The summed E-state index contributed by atoms with van der Waals surface area (Å²) in [6.45, 7) is 0. The number of hydrogen-bond acceptors (Lipinski definition) is 8. The Hall–Kier alpha value is -3.65. The molecule has 0 amide bonds. The van der Waals surface area contributed by atoms with E-state index in [1.54, 1.807) is 36.4 Å². The van der Waals surface area contributed by atoms with Crippen molar-refractivity contribution >= 4 is 23.1 Å². The number of pyridine rings is 1. The highest BCUT2D eigenvalue weighted by Gasteiger charge is 2.17. The molecule has 3 aromatic rings. The van der Waals surface area contributed by atoms with Crippen LogP contribution in [0.25, 0.3) is 5.57 Å². The maximum absolute atomic E-state index is 12.3. The van der Waals surface area contributed by atoms with Crippen LogP contribution in [0.15, 0.2) is 67.3 Å². The van der Waals surface area contributed by atoms with Gasteiger partial charge in [0, 0.05) is 6.20 Å². The van der Waals surface area contributed by atoms with Gasteiger partial charge < -0.3 is 9.47 Å². The van der Waals surface area contributed by atoms with Gasteiger partial charge in [0.15, 0.2) is 10.9 Å². The molecular formula is C19H14ClN3O5. The van der Waals surface area contributed by atoms with Crippen molar-refractivity contribution in [3.05, 3.63) is 78.0 Å². The average Bonchev–Trinajstić information content (AvgIpc) is 2.73. The molecule has 142 valence electrons. The molecule has 0 saturated heterocycles. The molecule has 2 aromatic heterocycles. The molecule has 1 aromatic carbocycles. The summed E-state index contributed by atoms with van der Waals surface area (Å²) in [6, 6.07) is 13.5. The molecule has 0 spiro atoms. The lowest BCUT2D eigenvalue weighted by molar-refractivity contribution is -0.207. The summed E-state index contributed by atoms with van der Waals surface area (Å²) < 4.78 is 10.5. The van der Waals surface area contributed by atoms with Crippen LogP contribution in [0.2, 0.25) is 5.15 Å². The van der Waals surface area contributed by atoms with Gasteiger partial charge >= 0.3 is 5.97 Å². The number of rotatable bonds is 7. The Morgan fingerprint density at radius 2 is 1.82 bits per heavy atom. The molecule has 3 rings (SSSR count). The molecule has 9 heteroatoms. The maximum atomic E-state index is 12.3. The van der Waals surface area contributed by atoms with Gasteiger partial charge in [0.1, 0.15) is 11.9 Å². The second kappa shape index (κ2) is 9.33.